The van der Waals surface area contributed by atoms with Crippen LogP contribution in [-0.2, 0) is 10.0 Å². The van der Waals surface area contributed by atoms with E-state index in [2.05, 4.69) is 15.4 Å². The Bertz CT molecular complexity index is 1090. The van der Waals surface area contributed by atoms with Crippen molar-refractivity contribution in [1.29, 1.82) is 0 Å². The summed E-state index contributed by atoms with van der Waals surface area (Å²) in [5.74, 6) is -0.444. The Morgan fingerprint density at radius 3 is 2.37 bits per heavy atom. The summed E-state index contributed by atoms with van der Waals surface area (Å²) in [4.78, 5) is 16.2. The molecule has 0 radical (unpaired) electrons. The summed E-state index contributed by atoms with van der Waals surface area (Å²) in [6, 6.07) is 15.0. The summed E-state index contributed by atoms with van der Waals surface area (Å²) in [7, 11) is -3.77. The van der Waals surface area contributed by atoms with E-state index in [0.717, 1.165) is 10.2 Å². The van der Waals surface area contributed by atoms with E-state index < -0.39 is 15.9 Å². The number of hydrogen-bond donors (Lipinski definition) is 3. The van der Waals surface area contributed by atoms with Crippen molar-refractivity contribution < 1.29 is 13.2 Å². The van der Waals surface area contributed by atoms with Crippen molar-refractivity contribution >= 4 is 39.6 Å². The summed E-state index contributed by atoms with van der Waals surface area (Å²) >= 11 is 0. The van der Waals surface area contributed by atoms with Gasteiger partial charge in [0.2, 0.25) is 21.9 Å². The molecule has 0 amide bonds. The lowest BCUT2D eigenvalue weighted by Gasteiger charge is -2.02. The number of benzene rings is 2. The van der Waals surface area contributed by atoms with Crippen molar-refractivity contribution in [2.24, 2.45) is 5.14 Å². The van der Waals surface area contributed by atoms with Gasteiger partial charge in [-0.05, 0) is 35.9 Å². The molecule has 0 fully saturated rings. The standard InChI is InChI=1S/C17H16N6O3S/c18-16-21-17(20-13-7-9-14(10-8-13)27(19,25)26)22-23(16)15(24)11-6-12-4-2-1-3-5-12/h1-11H,(H2,19,25,26)(H3,18,20,21,22)/b11-6+. The third kappa shape index (κ3) is 4.57. The molecule has 0 bridgehead atoms. The highest BCUT2D eigenvalue weighted by Crippen LogP contribution is 2.17. The van der Waals surface area contributed by atoms with Gasteiger partial charge in [0.15, 0.2) is 0 Å². The smallest absolute Gasteiger partial charge is 0.274 e. The van der Waals surface area contributed by atoms with E-state index in [0.29, 0.717) is 5.69 Å². The molecular weight excluding hydrogens is 368 g/mol. The van der Waals surface area contributed by atoms with Crippen LogP contribution in [-0.4, -0.2) is 29.1 Å². The molecule has 3 rings (SSSR count). The molecule has 0 saturated heterocycles. The molecule has 0 unspecified atom stereocenters. The van der Waals surface area contributed by atoms with Crippen molar-refractivity contribution in [2.75, 3.05) is 11.1 Å². The Morgan fingerprint density at radius 2 is 1.74 bits per heavy atom. The maximum atomic E-state index is 12.2. The number of rotatable bonds is 5. The molecule has 5 N–H and O–H groups in total. The molecule has 0 saturated carbocycles. The average molecular weight is 384 g/mol. The maximum Gasteiger partial charge on any atom is 0.274 e. The molecule has 27 heavy (non-hydrogen) atoms. The number of anilines is 3. The molecule has 9 nitrogen and oxygen atoms in total. The predicted molar refractivity (Wildman–Crippen MR) is 102 cm³/mol. The number of nitrogens with one attached hydrogen (secondary N) is 1. The van der Waals surface area contributed by atoms with Crippen LogP contribution in [0.2, 0.25) is 0 Å². The monoisotopic (exact) mass is 384 g/mol. The topological polar surface area (TPSA) is 146 Å². The molecule has 1 heterocycles. The van der Waals surface area contributed by atoms with Crippen LogP contribution < -0.4 is 16.2 Å². The second kappa shape index (κ2) is 7.40. The fraction of sp³-hybridized carbons (Fsp3) is 0. The summed E-state index contributed by atoms with van der Waals surface area (Å²) in [6.45, 7) is 0. The van der Waals surface area contributed by atoms with Crippen molar-refractivity contribution in [1.82, 2.24) is 14.8 Å². The van der Waals surface area contributed by atoms with E-state index >= 15 is 0 Å². The number of allylic oxidation sites excluding steroid dienone is 1. The van der Waals surface area contributed by atoms with Gasteiger partial charge in [0.25, 0.3) is 5.91 Å². The van der Waals surface area contributed by atoms with Gasteiger partial charge >= 0.3 is 0 Å². The fourth-order valence-corrected chi connectivity index (χ4v) is 2.71. The number of primary sulfonamides is 1. The first-order chi connectivity index (χ1) is 12.8. The van der Waals surface area contributed by atoms with Gasteiger partial charge in [-0.15, -0.1) is 5.10 Å². The number of nitrogens with two attached hydrogens (primary N) is 2. The number of carbonyl (C=O) groups is 1. The van der Waals surface area contributed by atoms with Crippen molar-refractivity contribution in [3.63, 3.8) is 0 Å². The fourth-order valence-electron chi connectivity index (χ4n) is 2.20. The van der Waals surface area contributed by atoms with Gasteiger partial charge in [0, 0.05) is 11.8 Å². The summed E-state index contributed by atoms with van der Waals surface area (Å²) < 4.78 is 23.5. The Morgan fingerprint density at radius 1 is 1.07 bits per heavy atom. The van der Waals surface area contributed by atoms with Gasteiger partial charge in [0.1, 0.15) is 0 Å². The zero-order chi connectivity index (χ0) is 19.4. The van der Waals surface area contributed by atoms with E-state index in [4.69, 9.17) is 10.9 Å². The van der Waals surface area contributed by atoms with Crippen LogP contribution in [0.5, 0.6) is 0 Å². The van der Waals surface area contributed by atoms with Crippen LogP contribution in [0.25, 0.3) is 6.08 Å². The zero-order valence-electron chi connectivity index (χ0n) is 14.0. The first-order valence-electron chi connectivity index (χ1n) is 7.73. The molecule has 3 aromatic rings. The van der Waals surface area contributed by atoms with Gasteiger partial charge in [-0.2, -0.15) is 9.67 Å². The SMILES string of the molecule is Nc1nc(Nc2ccc(S(N)(=O)=O)cc2)nn1C(=O)/C=C/c1ccccc1. The molecular formula is C17H16N6O3S. The second-order valence-corrected chi connectivity index (χ2v) is 7.04. The first-order valence-corrected chi connectivity index (χ1v) is 9.27. The van der Waals surface area contributed by atoms with Gasteiger partial charge in [-0.1, -0.05) is 30.3 Å². The largest absolute Gasteiger partial charge is 0.368 e. The lowest BCUT2D eigenvalue weighted by molar-refractivity contribution is 0.0958. The molecule has 10 heteroatoms. The Balaban J connectivity index is 1.74. The highest BCUT2D eigenvalue weighted by Gasteiger charge is 2.12. The minimum absolute atomic E-state index is 0.0210. The van der Waals surface area contributed by atoms with Crippen LogP contribution in [0.3, 0.4) is 0 Å². The molecule has 0 aliphatic rings. The quantitative estimate of drug-likeness (QED) is 0.566. The number of aromatic nitrogens is 3. The third-order valence-electron chi connectivity index (χ3n) is 3.50. The lowest BCUT2D eigenvalue weighted by atomic mass is 10.2. The van der Waals surface area contributed by atoms with E-state index in [1.807, 2.05) is 30.3 Å². The number of sulfonamides is 1. The Labute approximate surface area is 155 Å². The lowest BCUT2D eigenvalue weighted by Crippen LogP contribution is -2.12. The van der Waals surface area contributed by atoms with Crippen molar-refractivity contribution in [3.05, 3.63) is 66.2 Å². The zero-order valence-corrected chi connectivity index (χ0v) is 14.8. The Kier molecular flexibility index (Phi) is 5.01. The third-order valence-corrected chi connectivity index (χ3v) is 4.43. The van der Waals surface area contributed by atoms with Gasteiger partial charge in [0.05, 0.1) is 4.90 Å². The normalized spacial score (nSPS) is 11.6. The number of hydrogen-bond acceptors (Lipinski definition) is 7. The highest BCUT2D eigenvalue weighted by atomic mass is 32.2. The molecule has 0 spiro atoms. The number of nitrogen functional groups attached to an aromatic ring is 1. The van der Waals surface area contributed by atoms with Gasteiger partial charge < -0.3 is 11.1 Å². The molecule has 2 aromatic carbocycles. The van der Waals surface area contributed by atoms with Crippen LogP contribution in [0, 0.1) is 0 Å². The minimum Gasteiger partial charge on any atom is -0.368 e. The Hall–Kier alpha value is -3.50. The van der Waals surface area contributed by atoms with E-state index in [1.54, 1.807) is 6.08 Å². The van der Waals surface area contributed by atoms with E-state index in [1.165, 1.54) is 30.3 Å². The van der Waals surface area contributed by atoms with Gasteiger partial charge in [-0.25, -0.2) is 13.6 Å². The second-order valence-electron chi connectivity index (χ2n) is 5.48. The summed E-state index contributed by atoms with van der Waals surface area (Å²) in [6.07, 6.45) is 2.98. The molecule has 0 aliphatic heterocycles. The van der Waals surface area contributed by atoms with Crippen molar-refractivity contribution in [2.45, 2.75) is 4.90 Å². The molecule has 138 valence electrons. The predicted octanol–water partition coefficient (Wildman–Crippen LogP) is 1.60. The van der Waals surface area contributed by atoms with Crippen LogP contribution >= 0.6 is 0 Å². The molecule has 0 atom stereocenters. The first kappa shape index (κ1) is 18.3. The minimum atomic E-state index is -3.77. The van der Waals surface area contributed by atoms with Crippen LogP contribution in [0.4, 0.5) is 17.6 Å². The van der Waals surface area contributed by atoms with Crippen molar-refractivity contribution in [3.8, 4) is 0 Å². The number of carbonyl (C=O) groups excluding carboxylic acids is 1. The highest BCUT2D eigenvalue weighted by molar-refractivity contribution is 7.89. The van der Waals surface area contributed by atoms with Crippen LogP contribution in [0.1, 0.15) is 10.4 Å². The molecule has 1 aromatic heterocycles. The average Bonchev–Trinajstić information content (AvgIpc) is 3.00. The summed E-state index contributed by atoms with van der Waals surface area (Å²) in [5, 5.41) is 11.9. The van der Waals surface area contributed by atoms with Crippen LogP contribution in [0.15, 0.2) is 65.6 Å². The number of nitrogens with zero attached hydrogens (tertiary/aromatic N) is 3. The van der Waals surface area contributed by atoms with Gasteiger partial charge in [-0.3, -0.25) is 4.79 Å². The molecule has 0 aliphatic carbocycles. The maximum absolute atomic E-state index is 12.2. The van der Waals surface area contributed by atoms with E-state index in [9.17, 15) is 13.2 Å². The summed E-state index contributed by atoms with van der Waals surface area (Å²) in [5.41, 5.74) is 7.11. The van der Waals surface area contributed by atoms with E-state index in [-0.39, 0.29) is 16.8 Å².